The molecule has 0 radical (unpaired) electrons. The van der Waals surface area contributed by atoms with Crippen molar-refractivity contribution >= 4 is 22.6 Å². The first kappa shape index (κ1) is 9.22. The Morgan fingerprint density at radius 2 is 2.31 bits per heavy atom. The van der Waals surface area contributed by atoms with Gasteiger partial charge in [-0.1, -0.05) is 11.3 Å². The predicted molar refractivity (Wildman–Crippen MR) is 58.6 cm³/mol. The monoisotopic (exact) mass is 233 g/mol. The van der Waals surface area contributed by atoms with Gasteiger partial charge in [-0.05, 0) is 6.92 Å². The number of fused-ring (bicyclic) bond motifs is 1. The summed E-state index contributed by atoms with van der Waals surface area (Å²) >= 11 is 1.35. The van der Waals surface area contributed by atoms with Crippen molar-refractivity contribution in [3.8, 4) is 11.4 Å². The Hall–Kier alpha value is -2.02. The van der Waals surface area contributed by atoms with Crippen molar-refractivity contribution in [2.75, 3.05) is 0 Å². The van der Waals surface area contributed by atoms with E-state index >= 15 is 0 Å². The van der Waals surface area contributed by atoms with Crippen LogP contribution in [0.5, 0.6) is 0 Å². The maximum absolute atomic E-state index is 10.6. The maximum Gasteiger partial charge on any atom is 0.194 e. The van der Waals surface area contributed by atoms with Gasteiger partial charge in [0.2, 0.25) is 0 Å². The molecule has 0 aliphatic heterocycles. The van der Waals surface area contributed by atoms with Crippen LogP contribution in [0.2, 0.25) is 0 Å². The molecule has 3 heterocycles. The van der Waals surface area contributed by atoms with Gasteiger partial charge in [0.1, 0.15) is 11.4 Å². The average molecular weight is 233 g/mol. The van der Waals surface area contributed by atoms with Crippen LogP contribution in [0.25, 0.3) is 16.3 Å². The van der Waals surface area contributed by atoms with E-state index in [-0.39, 0.29) is 0 Å². The van der Waals surface area contributed by atoms with E-state index in [1.807, 2.05) is 17.5 Å². The number of hydrogen-bond acceptors (Lipinski definition) is 5. The van der Waals surface area contributed by atoms with Gasteiger partial charge in [-0.25, -0.2) is 4.98 Å². The summed E-state index contributed by atoms with van der Waals surface area (Å²) in [5.41, 5.74) is 2.31. The van der Waals surface area contributed by atoms with Gasteiger partial charge in [0, 0.05) is 12.4 Å². The van der Waals surface area contributed by atoms with Crippen molar-refractivity contribution < 1.29 is 4.79 Å². The molecule has 0 bridgehead atoms. The second-order valence-corrected chi connectivity index (χ2v) is 4.37. The lowest BCUT2D eigenvalue weighted by Gasteiger charge is -1.87. The normalized spacial score (nSPS) is 11.1. The number of rotatable bonds is 2. The molecule has 0 unspecified atom stereocenters. The second kappa shape index (κ2) is 3.24. The molecule has 3 rings (SSSR count). The first-order chi connectivity index (χ1) is 7.78. The van der Waals surface area contributed by atoms with Crippen molar-refractivity contribution in [3.05, 3.63) is 23.0 Å². The maximum atomic E-state index is 10.6. The Kier molecular flexibility index (Phi) is 1.87. The Bertz CT molecular complexity index is 633. The van der Waals surface area contributed by atoms with Crippen LogP contribution < -0.4 is 0 Å². The van der Waals surface area contributed by atoms with Crippen LogP contribution in [-0.2, 0) is 0 Å². The lowest BCUT2D eigenvalue weighted by Crippen LogP contribution is -1.81. The summed E-state index contributed by atoms with van der Waals surface area (Å²) in [6.45, 7) is 1.86. The molecule has 1 N–H and O–H groups in total. The molecule has 0 fully saturated rings. The third-order valence-electron chi connectivity index (χ3n) is 2.25. The van der Waals surface area contributed by atoms with Gasteiger partial charge in [-0.3, -0.25) is 9.20 Å². The fraction of sp³-hybridized carbons (Fsp3) is 0.111. The molecule has 3 aromatic heterocycles. The zero-order valence-corrected chi connectivity index (χ0v) is 9.15. The number of aromatic nitrogens is 5. The highest BCUT2D eigenvalue weighted by Crippen LogP contribution is 2.22. The van der Waals surface area contributed by atoms with E-state index in [0.717, 1.165) is 28.3 Å². The van der Waals surface area contributed by atoms with E-state index in [2.05, 4.69) is 20.4 Å². The van der Waals surface area contributed by atoms with Crippen LogP contribution in [-0.4, -0.2) is 31.1 Å². The number of nitrogens with one attached hydrogen (secondary N) is 1. The largest absolute Gasteiger partial charge is 0.297 e. The smallest absolute Gasteiger partial charge is 0.194 e. The SMILES string of the molecule is Cc1n[nH]nc1-c1cn2cc(C=O)sc2n1. The molecule has 80 valence electrons. The lowest BCUT2D eigenvalue weighted by atomic mass is 10.3. The fourth-order valence-corrected chi connectivity index (χ4v) is 2.29. The van der Waals surface area contributed by atoms with Crippen LogP contribution in [0.1, 0.15) is 15.4 Å². The molecule has 16 heavy (non-hydrogen) atoms. The number of nitrogens with zero attached hydrogens (tertiary/aromatic N) is 4. The summed E-state index contributed by atoms with van der Waals surface area (Å²) in [7, 11) is 0. The van der Waals surface area contributed by atoms with Gasteiger partial charge >= 0.3 is 0 Å². The molecule has 0 saturated heterocycles. The van der Waals surface area contributed by atoms with Crippen LogP contribution >= 0.6 is 11.3 Å². The minimum Gasteiger partial charge on any atom is -0.297 e. The average Bonchev–Trinajstić information content (AvgIpc) is 2.89. The summed E-state index contributed by atoms with van der Waals surface area (Å²) in [6, 6.07) is 0. The van der Waals surface area contributed by atoms with E-state index < -0.39 is 0 Å². The Morgan fingerprint density at radius 3 is 2.94 bits per heavy atom. The first-order valence-electron chi connectivity index (χ1n) is 4.59. The molecule has 0 amide bonds. The number of aryl methyl sites for hydroxylation is 1. The van der Waals surface area contributed by atoms with Gasteiger partial charge in [0.15, 0.2) is 11.2 Å². The summed E-state index contributed by atoms with van der Waals surface area (Å²) in [5, 5.41) is 10.5. The van der Waals surface area contributed by atoms with E-state index in [1.165, 1.54) is 11.3 Å². The zero-order valence-electron chi connectivity index (χ0n) is 8.34. The number of thiazole rings is 1. The molecule has 0 aliphatic rings. The van der Waals surface area contributed by atoms with Gasteiger partial charge < -0.3 is 0 Å². The van der Waals surface area contributed by atoms with E-state index in [0.29, 0.717) is 4.88 Å². The summed E-state index contributed by atoms with van der Waals surface area (Å²) < 4.78 is 1.82. The molecule has 6 nitrogen and oxygen atoms in total. The molecular weight excluding hydrogens is 226 g/mol. The summed E-state index contributed by atoms with van der Waals surface area (Å²) in [5.74, 6) is 0. The van der Waals surface area contributed by atoms with Crippen molar-refractivity contribution in [1.82, 2.24) is 24.8 Å². The first-order valence-corrected chi connectivity index (χ1v) is 5.41. The lowest BCUT2D eigenvalue weighted by molar-refractivity contribution is 0.112. The highest BCUT2D eigenvalue weighted by atomic mass is 32.1. The predicted octanol–water partition coefficient (Wildman–Crippen LogP) is 1.30. The van der Waals surface area contributed by atoms with Crippen molar-refractivity contribution in [2.45, 2.75) is 6.92 Å². The number of hydrogen-bond donors (Lipinski definition) is 1. The van der Waals surface area contributed by atoms with Crippen LogP contribution in [0.4, 0.5) is 0 Å². The highest BCUT2D eigenvalue weighted by molar-refractivity contribution is 7.18. The summed E-state index contributed by atoms with van der Waals surface area (Å²) in [4.78, 5) is 16.4. The molecule has 0 aliphatic carbocycles. The molecule has 0 aromatic carbocycles. The number of carbonyl (C=O) groups excluding carboxylic acids is 1. The third kappa shape index (κ3) is 1.25. The minimum absolute atomic E-state index is 0.658. The van der Waals surface area contributed by atoms with Crippen LogP contribution in [0, 0.1) is 6.92 Å². The van der Waals surface area contributed by atoms with Crippen LogP contribution in [0.3, 0.4) is 0 Å². The van der Waals surface area contributed by atoms with E-state index in [9.17, 15) is 4.79 Å². The van der Waals surface area contributed by atoms with Gasteiger partial charge in [-0.15, -0.1) is 0 Å². The van der Waals surface area contributed by atoms with Crippen molar-refractivity contribution in [3.63, 3.8) is 0 Å². The topological polar surface area (TPSA) is 75.9 Å². The van der Waals surface area contributed by atoms with Crippen molar-refractivity contribution in [2.24, 2.45) is 0 Å². The highest BCUT2D eigenvalue weighted by Gasteiger charge is 2.12. The molecule has 7 heteroatoms. The summed E-state index contributed by atoms with van der Waals surface area (Å²) in [6.07, 6.45) is 4.41. The number of carbonyl (C=O) groups is 1. The third-order valence-corrected chi connectivity index (χ3v) is 3.18. The zero-order chi connectivity index (χ0) is 11.1. The van der Waals surface area contributed by atoms with E-state index in [1.54, 1.807) is 6.20 Å². The number of imidazole rings is 1. The second-order valence-electron chi connectivity index (χ2n) is 3.32. The number of aldehydes is 1. The van der Waals surface area contributed by atoms with E-state index in [4.69, 9.17) is 0 Å². The van der Waals surface area contributed by atoms with Crippen LogP contribution in [0.15, 0.2) is 12.4 Å². The Morgan fingerprint density at radius 1 is 1.44 bits per heavy atom. The Balaban J connectivity index is 2.16. The standard InChI is InChI=1S/C9H7N5OS/c1-5-8(12-13-11-5)7-3-14-2-6(4-15)16-9(14)10-7/h2-4H,1H3,(H,11,12,13). The molecule has 0 spiro atoms. The molecule has 3 aromatic rings. The molecule has 0 saturated carbocycles. The number of aromatic amines is 1. The van der Waals surface area contributed by atoms with Gasteiger partial charge in [0.05, 0.1) is 10.6 Å². The quantitative estimate of drug-likeness (QED) is 0.677. The van der Waals surface area contributed by atoms with Gasteiger partial charge in [0.25, 0.3) is 0 Å². The van der Waals surface area contributed by atoms with Crippen molar-refractivity contribution in [1.29, 1.82) is 0 Å². The molecular formula is C9H7N5OS. The van der Waals surface area contributed by atoms with Gasteiger partial charge in [-0.2, -0.15) is 15.4 Å². The number of H-pyrrole nitrogens is 1. The minimum atomic E-state index is 0.658. The fourth-order valence-electron chi connectivity index (χ4n) is 1.51. The molecule has 0 atom stereocenters. The Labute approximate surface area is 93.9 Å².